The van der Waals surface area contributed by atoms with Crippen molar-refractivity contribution in [2.45, 2.75) is 31.8 Å². The fourth-order valence-electron chi connectivity index (χ4n) is 2.76. The maximum atomic E-state index is 10.2. The highest BCUT2D eigenvalue weighted by atomic mass is 16.3. The van der Waals surface area contributed by atoms with E-state index in [2.05, 4.69) is 23.2 Å². The Hall–Kier alpha value is -1.61. The van der Waals surface area contributed by atoms with Gasteiger partial charge in [0.2, 0.25) is 0 Å². The first-order valence-corrected chi connectivity index (χ1v) is 6.50. The molecular formula is C15H18N2O. The number of hydrogen-bond donors (Lipinski definition) is 1. The van der Waals surface area contributed by atoms with Gasteiger partial charge in [-0.05, 0) is 36.0 Å². The standard InChI is InChI=1S/C15H18N2O/c1-17-8-7-16-15(17)14(18)10-11-5-6-12-3-2-4-13(12)9-11/h5-9,14,18H,2-4,10H2,1H3. The summed E-state index contributed by atoms with van der Waals surface area (Å²) in [5.41, 5.74) is 4.14. The summed E-state index contributed by atoms with van der Waals surface area (Å²) >= 11 is 0. The molecule has 1 N–H and O–H groups in total. The minimum Gasteiger partial charge on any atom is -0.385 e. The number of aliphatic hydroxyl groups excluding tert-OH is 1. The zero-order valence-electron chi connectivity index (χ0n) is 10.6. The molecule has 1 unspecified atom stereocenters. The van der Waals surface area contributed by atoms with Crippen molar-refractivity contribution in [1.82, 2.24) is 9.55 Å². The number of aliphatic hydroxyl groups is 1. The predicted molar refractivity (Wildman–Crippen MR) is 70.3 cm³/mol. The van der Waals surface area contributed by atoms with Crippen molar-refractivity contribution in [3.8, 4) is 0 Å². The average Bonchev–Trinajstić information content (AvgIpc) is 2.96. The van der Waals surface area contributed by atoms with Crippen LogP contribution >= 0.6 is 0 Å². The summed E-state index contributed by atoms with van der Waals surface area (Å²) in [6, 6.07) is 6.59. The molecule has 94 valence electrons. The van der Waals surface area contributed by atoms with Gasteiger partial charge in [-0.2, -0.15) is 0 Å². The Morgan fingerprint density at radius 3 is 2.94 bits per heavy atom. The highest BCUT2D eigenvalue weighted by Gasteiger charge is 2.15. The van der Waals surface area contributed by atoms with Crippen LogP contribution in [0.25, 0.3) is 0 Å². The number of hydrogen-bond acceptors (Lipinski definition) is 2. The SMILES string of the molecule is Cn1ccnc1C(O)Cc1ccc2c(c1)CCC2. The first-order valence-electron chi connectivity index (χ1n) is 6.50. The van der Waals surface area contributed by atoms with Gasteiger partial charge in [0.15, 0.2) is 0 Å². The largest absolute Gasteiger partial charge is 0.385 e. The molecule has 1 atom stereocenters. The van der Waals surface area contributed by atoms with Gasteiger partial charge in [-0.15, -0.1) is 0 Å². The molecule has 18 heavy (non-hydrogen) atoms. The molecule has 3 heteroatoms. The summed E-state index contributed by atoms with van der Waals surface area (Å²) in [6.45, 7) is 0. The van der Waals surface area contributed by atoms with Crippen molar-refractivity contribution in [2.75, 3.05) is 0 Å². The van der Waals surface area contributed by atoms with Crippen molar-refractivity contribution in [3.63, 3.8) is 0 Å². The van der Waals surface area contributed by atoms with Gasteiger partial charge in [-0.1, -0.05) is 18.2 Å². The first kappa shape index (κ1) is 11.5. The van der Waals surface area contributed by atoms with Crippen LogP contribution in [-0.4, -0.2) is 14.7 Å². The normalized spacial score (nSPS) is 15.7. The molecule has 0 fully saturated rings. The van der Waals surface area contributed by atoms with E-state index in [9.17, 15) is 5.11 Å². The Morgan fingerprint density at radius 1 is 1.33 bits per heavy atom. The maximum absolute atomic E-state index is 10.2. The van der Waals surface area contributed by atoms with Gasteiger partial charge in [-0.3, -0.25) is 0 Å². The van der Waals surface area contributed by atoms with E-state index >= 15 is 0 Å². The highest BCUT2D eigenvalue weighted by molar-refractivity contribution is 5.35. The lowest BCUT2D eigenvalue weighted by Crippen LogP contribution is -2.08. The van der Waals surface area contributed by atoms with Gasteiger partial charge < -0.3 is 9.67 Å². The molecule has 0 radical (unpaired) electrons. The third-order valence-electron chi connectivity index (χ3n) is 3.75. The topological polar surface area (TPSA) is 38.0 Å². The van der Waals surface area contributed by atoms with E-state index in [4.69, 9.17) is 0 Å². The van der Waals surface area contributed by atoms with Gasteiger partial charge in [0.05, 0.1) is 0 Å². The minimum atomic E-state index is -0.524. The molecule has 0 bridgehead atoms. The van der Waals surface area contributed by atoms with Crippen LogP contribution in [-0.2, 0) is 26.3 Å². The van der Waals surface area contributed by atoms with Crippen molar-refractivity contribution >= 4 is 0 Å². The minimum absolute atomic E-state index is 0.524. The van der Waals surface area contributed by atoms with Crippen LogP contribution in [0.15, 0.2) is 30.6 Å². The molecule has 3 nitrogen and oxygen atoms in total. The van der Waals surface area contributed by atoms with Gasteiger partial charge in [0.1, 0.15) is 11.9 Å². The van der Waals surface area contributed by atoms with Crippen molar-refractivity contribution < 1.29 is 5.11 Å². The van der Waals surface area contributed by atoms with Crippen LogP contribution in [0.4, 0.5) is 0 Å². The van der Waals surface area contributed by atoms with E-state index in [0.717, 1.165) is 5.82 Å². The first-order chi connectivity index (χ1) is 8.74. The van der Waals surface area contributed by atoms with Crippen LogP contribution in [0, 0.1) is 0 Å². The monoisotopic (exact) mass is 242 g/mol. The second-order valence-corrected chi connectivity index (χ2v) is 5.07. The number of imidazole rings is 1. The van der Waals surface area contributed by atoms with Gasteiger partial charge >= 0.3 is 0 Å². The third kappa shape index (κ3) is 2.06. The second-order valence-electron chi connectivity index (χ2n) is 5.07. The third-order valence-corrected chi connectivity index (χ3v) is 3.75. The lowest BCUT2D eigenvalue weighted by atomic mass is 10.0. The summed E-state index contributed by atoms with van der Waals surface area (Å²) in [5, 5.41) is 10.2. The lowest BCUT2D eigenvalue weighted by molar-refractivity contribution is 0.165. The Bertz CT molecular complexity index is 559. The molecule has 1 aromatic carbocycles. The number of rotatable bonds is 3. The average molecular weight is 242 g/mol. The Balaban J connectivity index is 1.79. The molecule has 0 saturated carbocycles. The van der Waals surface area contributed by atoms with Crippen LogP contribution in [0.2, 0.25) is 0 Å². The molecule has 0 saturated heterocycles. The fraction of sp³-hybridized carbons (Fsp3) is 0.400. The second kappa shape index (κ2) is 4.58. The number of benzene rings is 1. The van der Waals surface area contributed by atoms with Crippen LogP contribution < -0.4 is 0 Å². The van der Waals surface area contributed by atoms with Crippen molar-refractivity contribution in [2.24, 2.45) is 7.05 Å². The van der Waals surface area contributed by atoms with Gasteiger partial charge in [-0.25, -0.2) is 4.98 Å². The molecule has 1 aliphatic rings. The van der Waals surface area contributed by atoms with E-state index in [-0.39, 0.29) is 0 Å². The fourth-order valence-corrected chi connectivity index (χ4v) is 2.76. The lowest BCUT2D eigenvalue weighted by Gasteiger charge is -2.11. The molecule has 1 aromatic heterocycles. The van der Waals surface area contributed by atoms with E-state index in [0.29, 0.717) is 6.42 Å². The zero-order chi connectivity index (χ0) is 12.5. The quantitative estimate of drug-likeness (QED) is 0.896. The summed E-state index contributed by atoms with van der Waals surface area (Å²) in [6.07, 6.45) is 7.35. The predicted octanol–water partition coefficient (Wildman–Crippen LogP) is 2.18. The molecule has 2 aromatic rings. The van der Waals surface area contributed by atoms with Crippen LogP contribution in [0.1, 0.15) is 35.0 Å². The molecule has 1 heterocycles. The van der Waals surface area contributed by atoms with Crippen molar-refractivity contribution in [3.05, 3.63) is 53.1 Å². The van der Waals surface area contributed by atoms with Crippen LogP contribution in [0.5, 0.6) is 0 Å². The molecule has 0 spiro atoms. The zero-order valence-corrected chi connectivity index (χ0v) is 10.6. The summed E-state index contributed by atoms with van der Waals surface area (Å²) in [7, 11) is 1.91. The molecule has 1 aliphatic carbocycles. The number of fused-ring (bicyclic) bond motifs is 1. The molecular weight excluding hydrogens is 224 g/mol. The van der Waals surface area contributed by atoms with E-state index in [1.807, 2.05) is 17.8 Å². The van der Waals surface area contributed by atoms with Gasteiger partial charge in [0, 0.05) is 25.9 Å². The van der Waals surface area contributed by atoms with Crippen LogP contribution in [0.3, 0.4) is 0 Å². The van der Waals surface area contributed by atoms with Gasteiger partial charge in [0.25, 0.3) is 0 Å². The van der Waals surface area contributed by atoms with Crippen molar-refractivity contribution in [1.29, 1.82) is 0 Å². The highest BCUT2D eigenvalue weighted by Crippen LogP contribution is 2.25. The van der Waals surface area contributed by atoms with E-state index in [1.54, 1.807) is 6.20 Å². The van der Waals surface area contributed by atoms with E-state index < -0.39 is 6.10 Å². The van der Waals surface area contributed by atoms with E-state index in [1.165, 1.54) is 36.0 Å². The molecule has 0 amide bonds. The Morgan fingerprint density at radius 2 is 2.17 bits per heavy atom. The summed E-state index contributed by atoms with van der Waals surface area (Å²) in [4.78, 5) is 4.20. The Kier molecular flexibility index (Phi) is 2.92. The Labute approximate surface area is 107 Å². The maximum Gasteiger partial charge on any atom is 0.137 e. The summed E-state index contributed by atoms with van der Waals surface area (Å²) in [5.74, 6) is 0.732. The number of nitrogens with zero attached hydrogens (tertiary/aromatic N) is 2. The number of aromatic nitrogens is 2. The smallest absolute Gasteiger partial charge is 0.137 e. The number of aryl methyl sites for hydroxylation is 3. The summed E-state index contributed by atoms with van der Waals surface area (Å²) < 4.78 is 1.87. The molecule has 0 aliphatic heterocycles. The molecule has 3 rings (SSSR count).